The van der Waals surface area contributed by atoms with Crippen molar-refractivity contribution in [2.45, 2.75) is 13.8 Å². The Morgan fingerprint density at radius 1 is 1.04 bits per heavy atom. The van der Waals surface area contributed by atoms with Gasteiger partial charge in [-0.1, -0.05) is 0 Å². The molecule has 2 heterocycles. The molecule has 1 aromatic carbocycles. The highest BCUT2D eigenvalue weighted by atomic mass is 16.5. The quantitative estimate of drug-likeness (QED) is 0.848. The van der Waals surface area contributed by atoms with Crippen LogP contribution in [0, 0.1) is 6.92 Å². The van der Waals surface area contributed by atoms with Gasteiger partial charge in [0.15, 0.2) is 5.69 Å². The van der Waals surface area contributed by atoms with E-state index in [0.717, 1.165) is 17.1 Å². The van der Waals surface area contributed by atoms with E-state index in [1.807, 2.05) is 31.2 Å². The van der Waals surface area contributed by atoms with Crippen LogP contribution in [0.5, 0.6) is 5.75 Å². The summed E-state index contributed by atoms with van der Waals surface area (Å²) in [6, 6.07) is 9.32. The summed E-state index contributed by atoms with van der Waals surface area (Å²) >= 11 is 0. The molecule has 3 rings (SSSR count). The van der Waals surface area contributed by atoms with Crippen LogP contribution in [0.2, 0.25) is 0 Å². The number of methoxy groups -OCH3 is 1. The van der Waals surface area contributed by atoms with Gasteiger partial charge in [-0.3, -0.25) is 9.59 Å². The van der Waals surface area contributed by atoms with Gasteiger partial charge in [-0.2, -0.15) is 5.10 Å². The van der Waals surface area contributed by atoms with Crippen molar-refractivity contribution >= 4 is 11.8 Å². The van der Waals surface area contributed by atoms with Gasteiger partial charge >= 0.3 is 0 Å². The van der Waals surface area contributed by atoms with Crippen LogP contribution in [0.1, 0.15) is 23.1 Å². The fourth-order valence-electron chi connectivity index (χ4n) is 2.95. The van der Waals surface area contributed by atoms with Crippen molar-refractivity contribution < 1.29 is 14.3 Å². The Hall–Kier alpha value is -2.83. The fourth-order valence-corrected chi connectivity index (χ4v) is 2.95. The summed E-state index contributed by atoms with van der Waals surface area (Å²) in [6.45, 7) is 5.68. The van der Waals surface area contributed by atoms with Gasteiger partial charge in [0, 0.05) is 38.8 Å². The fraction of sp³-hybridized carbons (Fsp3) is 0.389. The maximum Gasteiger partial charge on any atom is 0.274 e. The van der Waals surface area contributed by atoms with Gasteiger partial charge in [-0.25, -0.2) is 4.68 Å². The lowest BCUT2D eigenvalue weighted by molar-refractivity contribution is -0.130. The molecule has 0 N–H and O–H groups in total. The molecule has 7 nitrogen and oxygen atoms in total. The highest BCUT2D eigenvalue weighted by Gasteiger charge is 2.25. The van der Waals surface area contributed by atoms with Gasteiger partial charge in [0.2, 0.25) is 5.91 Å². The number of benzene rings is 1. The second-order valence-electron chi connectivity index (χ2n) is 6.08. The molecular formula is C18H22N4O3. The predicted octanol–water partition coefficient (Wildman–Crippen LogP) is 1.49. The van der Waals surface area contributed by atoms with E-state index in [1.54, 1.807) is 34.6 Å². The van der Waals surface area contributed by atoms with Crippen molar-refractivity contribution in [3.05, 3.63) is 41.7 Å². The smallest absolute Gasteiger partial charge is 0.274 e. The predicted molar refractivity (Wildman–Crippen MR) is 93.0 cm³/mol. The molecule has 1 aliphatic heterocycles. The van der Waals surface area contributed by atoms with Crippen LogP contribution < -0.4 is 4.74 Å². The number of hydrogen-bond donors (Lipinski definition) is 0. The van der Waals surface area contributed by atoms with E-state index in [9.17, 15) is 9.59 Å². The number of rotatable bonds is 3. The molecule has 1 aliphatic rings. The van der Waals surface area contributed by atoms with E-state index in [4.69, 9.17) is 4.74 Å². The lowest BCUT2D eigenvalue weighted by atomic mass is 10.2. The standard InChI is InChI=1S/C18H22N4O3/c1-13-12-17(18(24)21-10-8-20(9-11-21)14(2)23)19-22(13)15-4-6-16(25-3)7-5-15/h4-7,12H,8-11H2,1-3H3. The van der Waals surface area contributed by atoms with Gasteiger partial charge < -0.3 is 14.5 Å². The van der Waals surface area contributed by atoms with Gasteiger partial charge in [0.05, 0.1) is 12.8 Å². The second-order valence-corrected chi connectivity index (χ2v) is 6.08. The first-order valence-corrected chi connectivity index (χ1v) is 8.25. The molecule has 0 radical (unpaired) electrons. The number of hydrogen-bond acceptors (Lipinski definition) is 4. The summed E-state index contributed by atoms with van der Waals surface area (Å²) < 4.78 is 6.91. The summed E-state index contributed by atoms with van der Waals surface area (Å²) in [7, 11) is 1.62. The molecule has 0 bridgehead atoms. The minimum atomic E-state index is -0.0986. The van der Waals surface area contributed by atoms with Crippen LogP contribution >= 0.6 is 0 Å². The highest BCUT2D eigenvalue weighted by molar-refractivity contribution is 5.92. The summed E-state index contributed by atoms with van der Waals surface area (Å²) in [5, 5.41) is 4.47. The molecule has 1 aromatic heterocycles. The van der Waals surface area contributed by atoms with Gasteiger partial charge in [-0.05, 0) is 37.3 Å². The molecule has 25 heavy (non-hydrogen) atoms. The van der Waals surface area contributed by atoms with E-state index < -0.39 is 0 Å². The summed E-state index contributed by atoms with van der Waals surface area (Å²) in [5.74, 6) is 0.721. The van der Waals surface area contributed by atoms with Gasteiger partial charge in [0.1, 0.15) is 5.75 Å². The lowest BCUT2D eigenvalue weighted by Crippen LogP contribution is -2.50. The van der Waals surface area contributed by atoms with Crippen molar-refractivity contribution in [1.29, 1.82) is 0 Å². The van der Waals surface area contributed by atoms with Crippen LogP contribution in [0.3, 0.4) is 0 Å². The molecular weight excluding hydrogens is 320 g/mol. The summed E-state index contributed by atoms with van der Waals surface area (Å²) in [4.78, 5) is 27.6. The van der Waals surface area contributed by atoms with E-state index in [-0.39, 0.29) is 11.8 Å². The lowest BCUT2D eigenvalue weighted by Gasteiger charge is -2.33. The Bertz CT molecular complexity index is 774. The Morgan fingerprint density at radius 2 is 1.64 bits per heavy atom. The third-order valence-corrected chi connectivity index (χ3v) is 4.44. The van der Waals surface area contributed by atoms with Crippen LogP contribution in [-0.4, -0.2) is 64.7 Å². The zero-order valence-corrected chi connectivity index (χ0v) is 14.7. The topological polar surface area (TPSA) is 67.7 Å². The molecule has 1 fully saturated rings. The number of piperazine rings is 1. The Balaban J connectivity index is 1.75. The average Bonchev–Trinajstić information content (AvgIpc) is 3.03. The molecule has 7 heteroatoms. The van der Waals surface area contributed by atoms with E-state index in [1.165, 1.54) is 0 Å². The maximum absolute atomic E-state index is 12.7. The van der Waals surface area contributed by atoms with Crippen molar-refractivity contribution in [2.75, 3.05) is 33.3 Å². The van der Waals surface area contributed by atoms with Crippen LogP contribution in [-0.2, 0) is 4.79 Å². The number of aryl methyl sites for hydroxylation is 1. The van der Waals surface area contributed by atoms with Crippen molar-refractivity contribution in [3.8, 4) is 11.4 Å². The Morgan fingerprint density at radius 3 is 2.20 bits per heavy atom. The number of amides is 2. The Kier molecular flexibility index (Phi) is 4.74. The largest absolute Gasteiger partial charge is 0.497 e. The molecule has 0 aliphatic carbocycles. The zero-order valence-electron chi connectivity index (χ0n) is 14.7. The van der Waals surface area contributed by atoms with Gasteiger partial charge in [-0.15, -0.1) is 0 Å². The number of carbonyl (C=O) groups excluding carboxylic acids is 2. The van der Waals surface area contributed by atoms with E-state index in [2.05, 4.69) is 5.10 Å². The summed E-state index contributed by atoms with van der Waals surface area (Å²) in [6.07, 6.45) is 0. The number of carbonyl (C=O) groups is 2. The maximum atomic E-state index is 12.7. The van der Waals surface area contributed by atoms with E-state index >= 15 is 0 Å². The number of ether oxygens (including phenoxy) is 1. The molecule has 1 saturated heterocycles. The van der Waals surface area contributed by atoms with Crippen LogP contribution in [0.4, 0.5) is 0 Å². The van der Waals surface area contributed by atoms with Gasteiger partial charge in [0.25, 0.3) is 5.91 Å². The third-order valence-electron chi connectivity index (χ3n) is 4.44. The zero-order chi connectivity index (χ0) is 18.0. The minimum Gasteiger partial charge on any atom is -0.497 e. The van der Waals surface area contributed by atoms with Crippen LogP contribution in [0.15, 0.2) is 30.3 Å². The van der Waals surface area contributed by atoms with E-state index in [0.29, 0.717) is 31.9 Å². The summed E-state index contributed by atoms with van der Waals surface area (Å²) in [5.41, 5.74) is 2.18. The average molecular weight is 342 g/mol. The molecule has 0 atom stereocenters. The van der Waals surface area contributed by atoms with Crippen molar-refractivity contribution in [3.63, 3.8) is 0 Å². The second kappa shape index (κ2) is 6.96. The minimum absolute atomic E-state index is 0.0479. The molecule has 0 saturated carbocycles. The first-order valence-electron chi connectivity index (χ1n) is 8.25. The Labute approximate surface area is 146 Å². The first kappa shape index (κ1) is 17.0. The van der Waals surface area contributed by atoms with Crippen LogP contribution in [0.25, 0.3) is 5.69 Å². The first-order chi connectivity index (χ1) is 12.0. The monoisotopic (exact) mass is 342 g/mol. The molecule has 0 spiro atoms. The molecule has 2 amide bonds. The SMILES string of the molecule is COc1ccc(-n2nc(C(=O)N3CCN(C(C)=O)CC3)cc2C)cc1. The van der Waals surface area contributed by atoms with Crippen molar-refractivity contribution in [1.82, 2.24) is 19.6 Å². The normalized spacial score (nSPS) is 14.5. The highest BCUT2D eigenvalue weighted by Crippen LogP contribution is 2.18. The number of nitrogens with zero attached hydrogens (tertiary/aromatic N) is 4. The molecule has 132 valence electrons. The molecule has 0 unspecified atom stereocenters. The molecule has 2 aromatic rings. The third kappa shape index (κ3) is 3.50. The number of aromatic nitrogens is 2. The van der Waals surface area contributed by atoms with Crippen molar-refractivity contribution in [2.24, 2.45) is 0 Å².